The number of halogens is 2. The second-order valence-electron chi connectivity index (χ2n) is 10.4. The van der Waals surface area contributed by atoms with Gasteiger partial charge in [0.05, 0.1) is 12.8 Å². The first-order chi connectivity index (χ1) is 18.5. The summed E-state index contributed by atoms with van der Waals surface area (Å²) in [4.78, 5) is 20.0. The molecule has 2 fully saturated rings. The number of nitrogens with zero attached hydrogens (tertiary/aromatic N) is 4. The number of ether oxygens (including phenoxy) is 2. The summed E-state index contributed by atoms with van der Waals surface area (Å²) in [5, 5.41) is 7.98. The summed E-state index contributed by atoms with van der Waals surface area (Å²) < 4.78 is 36.4. The Kier molecular flexibility index (Phi) is 6.73. The van der Waals surface area contributed by atoms with Gasteiger partial charge in [0, 0.05) is 42.9 Å². The zero-order valence-corrected chi connectivity index (χ0v) is 21.2. The van der Waals surface area contributed by atoms with Crippen LogP contribution in [0, 0.1) is 5.92 Å². The Morgan fingerprint density at radius 1 is 1.16 bits per heavy atom. The number of nitrogens with one attached hydrogen (secondary N) is 1. The lowest BCUT2D eigenvalue weighted by molar-refractivity contribution is -0.126. The van der Waals surface area contributed by atoms with Crippen LogP contribution in [0.25, 0.3) is 5.82 Å². The fourth-order valence-corrected chi connectivity index (χ4v) is 6.28. The van der Waals surface area contributed by atoms with Crippen molar-refractivity contribution in [1.82, 2.24) is 25.0 Å². The van der Waals surface area contributed by atoms with E-state index in [0.717, 1.165) is 42.8 Å². The summed E-state index contributed by atoms with van der Waals surface area (Å²) >= 11 is 0. The van der Waals surface area contributed by atoms with Crippen LogP contribution >= 0.6 is 0 Å². The third-order valence-electron chi connectivity index (χ3n) is 8.13. The summed E-state index contributed by atoms with van der Waals surface area (Å²) in [5.41, 5.74) is 3.17. The average molecular weight is 524 g/mol. The Labute approximate surface area is 219 Å². The van der Waals surface area contributed by atoms with E-state index in [4.69, 9.17) is 4.74 Å². The van der Waals surface area contributed by atoms with Crippen LogP contribution in [-0.2, 0) is 24.2 Å². The monoisotopic (exact) mass is 523 g/mol. The molecule has 2 aromatic heterocycles. The molecule has 4 heterocycles. The van der Waals surface area contributed by atoms with E-state index in [0.29, 0.717) is 30.7 Å². The topological polar surface area (TPSA) is 81.5 Å². The molecule has 1 N–H and O–H groups in total. The second kappa shape index (κ2) is 10.3. The molecule has 0 saturated carbocycles. The maximum Gasteiger partial charge on any atom is 0.388 e. The van der Waals surface area contributed by atoms with E-state index in [1.165, 1.54) is 18.1 Å². The molecule has 200 valence electrons. The van der Waals surface area contributed by atoms with E-state index >= 15 is 0 Å². The first-order valence-electron chi connectivity index (χ1n) is 13.2. The highest BCUT2D eigenvalue weighted by Gasteiger charge is 2.47. The molecule has 6 rings (SSSR count). The van der Waals surface area contributed by atoms with Gasteiger partial charge in [0.25, 0.3) is 0 Å². The largest absolute Gasteiger partial charge is 0.497 e. The van der Waals surface area contributed by atoms with Gasteiger partial charge in [-0.15, -0.1) is 0 Å². The van der Waals surface area contributed by atoms with Crippen LogP contribution in [-0.4, -0.2) is 57.4 Å². The number of carbonyl (C=O) groups excluding carboxylic acids is 1. The van der Waals surface area contributed by atoms with Crippen molar-refractivity contribution in [3.05, 3.63) is 65.5 Å². The molecule has 1 aliphatic carbocycles. The second-order valence-corrected chi connectivity index (χ2v) is 10.4. The summed E-state index contributed by atoms with van der Waals surface area (Å²) in [6.45, 7) is -2.05. The third kappa shape index (κ3) is 4.97. The van der Waals surface area contributed by atoms with Crippen molar-refractivity contribution in [3.63, 3.8) is 0 Å². The molecular weight excluding hydrogens is 492 g/mol. The van der Waals surface area contributed by atoms with Crippen LogP contribution in [0.15, 0.2) is 48.7 Å². The number of benzene rings is 1. The molecule has 8 nitrogen and oxygen atoms in total. The van der Waals surface area contributed by atoms with Gasteiger partial charge in [-0.2, -0.15) is 18.9 Å². The minimum Gasteiger partial charge on any atom is -0.497 e. The molecule has 0 spiro atoms. The Morgan fingerprint density at radius 3 is 2.79 bits per heavy atom. The van der Waals surface area contributed by atoms with Crippen LogP contribution in [0.1, 0.15) is 42.5 Å². The summed E-state index contributed by atoms with van der Waals surface area (Å²) in [5.74, 6) is 1.09. The van der Waals surface area contributed by atoms with Crippen LogP contribution in [0.2, 0.25) is 0 Å². The number of pyridine rings is 1. The van der Waals surface area contributed by atoms with Crippen molar-refractivity contribution in [3.8, 4) is 17.4 Å². The fourth-order valence-electron chi connectivity index (χ4n) is 6.28. The number of hydrogen-bond acceptors (Lipinski definition) is 6. The van der Waals surface area contributed by atoms with Crippen molar-refractivity contribution in [2.24, 2.45) is 5.92 Å². The third-order valence-corrected chi connectivity index (χ3v) is 8.13. The molecule has 2 bridgehead atoms. The van der Waals surface area contributed by atoms with E-state index < -0.39 is 6.61 Å². The Bertz CT molecular complexity index is 1300. The lowest BCUT2D eigenvalue weighted by atomic mass is 9.86. The van der Waals surface area contributed by atoms with Gasteiger partial charge < -0.3 is 14.8 Å². The number of aryl methyl sites for hydroxylation is 1. The average Bonchev–Trinajstić information content (AvgIpc) is 3.61. The standard InChI is InChI=1S/C28H31F2N5O3/c1-37-21-9-5-17(6-10-21)15-34-20-8-12-24(34)23(14-20)31-27(36)18-7-11-22-19(13-18)16-35(33-22)25-3-2-4-26(32-25)38-28(29)30/h2-6,9-10,16,18,20,23-24,28H,7-8,11-15H2,1H3,(H,31,36)/t18?,20-,23+,24+/m0/s1. The molecule has 1 unspecified atom stereocenters. The first kappa shape index (κ1) is 24.8. The highest BCUT2D eigenvalue weighted by atomic mass is 19.3. The number of fused-ring (bicyclic) bond motifs is 3. The SMILES string of the molecule is COc1ccc(CN2[C@H]3CC[C@@H]2[C@H](NC(=O)C2CCc4nn(-c5cccc(OC(F)F)n5)cc4C2)C3)cc1. The van der Waals surface area contributed by atoms with E-state index in [-0.39, 0.29) is 23.7 Å². The predicted octanol–water partition coefficient (Wildman–Crippen LogP) is 3.90. The smallest absolute Gasteiger partial charge is 0.388 e. The number of rotatable bonds is 8. The Hall–Kier alpha value is -3.53. The van der Waals surface area contributed by atoms with Crippen molar-refractivity contribution >= 4 is 5.91 Å². The highest BCUT2D eigenvalue weighted by Crippen LogP contribution is 2.39. The van der Waals surface area contributed by atoms with Gasteiger partial charge >= 0.3 is 6.61 Å². The van der Waals surface area contributed by atoms with Gasteiger partial charge in [-0.05, 0) is 67.9 Å². The zero-order chi connectivity index (χ0) is 26.2. The maximum atomic E-state index is 13.3. The lowest BCUT2D eigenvalue weighted by Gasteiger charge is -2.28. The van der Waals surface area contributed by atoms with Crippen molar-refractivity contribution in [1.29, 1.82) is 0 Å². The van der Waals surface area contributed by atoms with Crippen LogP contribution in [0.4, 0.5) is 8.78 Å². The van der Waals surface area contributed by atoms with E-state index in [1.54, 1.807) is 23.9 Å². The van der Waals surface area contributed by atoms with Gasteiger partial charge in [-0.3, -0.25) is 9.69 Å². The van der Waals surface area contributed by atoms with Crippen LogP contribution in [0.3, 0.4) is 0 Å². The van der Waals surface area contributed by atoms with Gasteiger partial charge in [0.2, 0.25) is 11.8 Å². The Balaban J connectivity index is 1.08. The molecular formula is C28H31F2N5O3. The fraction of sp³-hybridized carbons (Fsp3) is 0.464. The molecule has 1 aromatic carbocycles. The van der Waals surface area contributed by atoms with E-state index in [1.807, 2.05) is 18.3 Å². The molecule has 10 heteroatoms. The molecule has 4 atom stereocenters. The minimum absolute atomic E-state index is 0.107. The molecule has 3 aliphatic rings. The number of carbonyl (C=O) groups is 1. The number of methoxy groups -OCH3 is 1. The first-order valence-corrected chi connectivity index (χ1v) is 13.2. The number of amides is 1. The molecule has 1 amide bonds. The van der Waals surface area contributed by atoms with E-state index in [9.17, 15) is 13.6 Å². The summed E-state index contributed by atoms with van der Waals surface area (Å²) in [6, 6.07) is 13.9. The molecule has 0 radical (unpaired) electrons. The normalized spacial score (nSPS) is 24.4. The number of alkyl halides is 2. The zero-order valence-electron chi connectivity index (χ0n) is 21.2. The van der Waals surface area contributed by atoms with Gasteiger partial charge in [-0.1, -0.05) is 18.2 Å². The lowest BCUT2D eigenvalue weighted by Crippen LogP contribution is -2.46. The van der Waals surface area contributed by atoms with Crippen molar-refractivity contribution < 1.29 is 23.0 Å². The van der Waals surface area contributed by atoms with Crippen molar-refractivity contribution in [2.45, 2.75) is 69.8 Å². The van der Waals surface area contributed by atoms with Gasteiger partial charge in [-0.25, -0.2) is 4.68 Å². The van der Waals surface area contributed by atoms with E-state index in [2.05, 4.69) is 37.2 Å². The minimum atomic E-state index is -2.94. The molecule has 2 saturated heterocycles. The number of hydrogen-bond donors (Lipinski definition) is 1. The molecule has 2 aliphatic heterocycles. The van der Waals surface area contributed by atoms with Gasteiger partial charge in [0.1, 0.15) is 5.75 Å². The predicted molar refractivity (Wildman–Crippen MR) is 135 cm³/mol. The van der Waals surface area contributed by atoms with Crippen molar-refractivity contribution in [2.75, 3.05) is 7.11 Å². The molecule has 38 heavy (non-hydrogen) atoms. The summed E-state index contributed by atoms with van der Waals surface area (Å²) in [6.07, 6.45) is 7.14. The maximum absolute atomic E-state index is 13.3. The Morgan fingerprint density at radius 2 is 2.00 bits per heavy atom. The number of aromatic nitrogens is 3. The quantitative estimate of drug-likeness (QED) is 0.482. The van der Waals surface area contributed by atoms with Crippen LogP contribution < -0.4 is 14.8 Å². The summed E-state index contributed by atoms with van der Waals surface area (Å²) in [7, 11) is 1.67. The molecule has 3 aromatic rings. The highest BCUT2D eigenvalue weighted by molar-refractivity contribution is 5.79. The van der Waals surface area contributed by atoms with Gasteiger partial charge in [0.15, 0.2) is 5.82 Å². The van der Waals surface area contributed by atoms with Crippen LogP contribution in [0.5, 0.6) is 11.6 Å².